The predicted molar refractivity (Wildman–Crippen MR) is 60.7 cm³/mol. The van der Waals surface area contributed by atoms with Crippen molar-refractivity contribution in [1.82, 2.24) is 0 Å². The molecule has 4 heteroatoms. The predicted octanol–water partition coefficient (Wildman–Crippen LogP) is 3.29. The van der Waals surface area contributed by atoms with Crippen molar-refractivity contribution >= 4 is 23.2 Å². The van der Waals surface area contributed by atoms with Crippen molar-refractivity contribution in [3.05, 3.63) is 28.2 Å². The van der Waals surface area contributed by atoms with Crippen LogP contribution in [0.15, 0.2) is 18.2 Å². The highest BCUT2D eigenvalue weighted by molar-refractivity contribution is 6.35. The van der Waals surface area contributed by atoms with E-state index in [-0.39, 0.29) is 12.2 Å². The van der Waals surface area contributed by atoms with Crippen LogP contribution in [0.3, 0.4) is 0 Å². The number of hydrogen-bond donors (Lipinski definition) is 1. The van der Waals surface area contributed by atoms with E-state index >= 15 is 0 Å². The molecule has 1 saturated carbocycles. The fourth-order valence-electron chi connectivity index (χ4n) is 1.78. The summed E-state index contributed by atoms with van der Waals surface area (Å²) in [6, 6.07) is 5.10. The van der Waals surface area contributed by atoms with Crippen LogP contribution >= 0.6 is 23.2 Å². The van der Waals surface area contributed by atoms with E-state index in [0.29, 0.717) is 15.8 Å². The van der Waals surface area contributed by atoms with Gasteiger partial charge in [-0.3, -0.25) is 0 Å². The second-order valence-electron chi connectivity index (χ2n) is 3.73. The maximum Gasteiger partial charge on any atom is 0.138 e. The van der Waals surface area contributed by atoms with E-state index in [2.05, 4.69) is 0 Å². The molecule has 0 heterocycles. The zero-order valence-electron chi connectivity index (χ0n) is 8.12. The van der Waals surface area contributed by atoms with E-state index < -0.39 is 0 Å². The first-order chi connectivity index (χ1) is 7.16. The van der Waals surface area contributed by atoms with Gasteiger partial charge in [-0.25, -0.2) is 0 Å². The maximum absolute atomic E-state index is 9.60. The van der Waals surface area contributed by atoms with Gasteiger partial charge in [-0.15, -0.1) is 0 Å². The smallest absolute Gasteiger partial charge is 0.138 e. The zero-order chi connectivity index (χ0) is 10.8. The van der Waals surface area contributed by atoms with Gasteiger partial charge in [-0.05, 0) is 37.5 Å². The van der Waals surface area contributed by atoms with Crippen molar-refractivity contribution < 1.29 is 9.84 Å². The Balaban J connectivity index is 2.10. The van der Waals surface area contributed by atoms with Gasteiger partial charge in [0.05, 0.1) is 11.1 Å². The molecule has 82 valence electrons. The molecule has 1 fully saturated rings. The summed E-state index contributed by atoms with van der Waals surface area (Å²) < 4.78 is 5.63. The van der Waals surface area contributed by atoms with Crippen molar-refractivity contribution in [3.63, 3.8) is 0 Å². The second kappa shape index (κ2) is 4.60. The lowest BCUT2D eigenvalue weighted by Crippen LogP contribution is -2.25. The minimum Gasteiger partial charge on any atom is -0.486 e. The van der Waals surface area contributed by atoms with Crippen molar-refractivity contribution in [2.24, 2.45) is 0 Å². The first-order valence-corrected chi connectivity index (χ1v) is 5.72. The van der Waals surface area contributed by atoms with Gasteiger partial charge < -0.3 is 9.84 Å². The Labute approximate surface area is 98.8 Å². The molecule has 0 radical (unpaired) electrons. The number of halogens is 2. The van der Waals surface area contributed by atoms with Crippen LogP contribution in [-0.4, -0.2) is 17.3 Å². The molecule has 0 aliphatic heterocycles. The molecular weight excluding hydrogens is 235 g/mol. The third-order valence-electron chi connectivity index (χ3n) is 2.59. The van der Waals surface area contributed by atoms with Crippen molar-refractivity contribution in [1.29, 1.82) is 0 Å². The van der Waals surface area contributed by atoms with E-state index in [4.69, 9.17) is 27.9 Å². The van der Waals surface area contributed by atoms with Crippen LogP contribution in [0.5, 0.6) is 5.75 Å². The molecule has 0 amide bonds. The normalized spacial score (nSPS) is 25.5. The lowest BCUT2D eigenvalue weighted by molar-refractivity contribution is 0.0605. The Kier molecular flexibility index (Phi) is 3.39. The summed E-state index contributed by atoms with van der Waals surface area (Å²) in [6.07, 6.45) is 2.16. The Morgan fingerprint density at radius 1 is 1.27 bits per heavy atom. The number of benzene rings is 1. The molecule has 2 unspecified atom stereocenters. The summed E-state index contributed by atoms with van der Waals surface area (Å²) in [4.78, 5) is 0. The summed E-state index contributed by atoms with van der Waals surface area (Å²) in [5.74, 6) is 0.590. The number of hydrogen-bond acceptors (Lipinski definition) is 2. The van der Waals surface area contributed by atoms with E-state index in [9.17, 15) is 5.11 Å². The van der Waals surface area contributed by atoms with Crippen molar-refractivity contribution in [3.8, 4) is 5.75 Å². The SMILES string of the molecule is OC1CCCC1Oc1ccc(Cl)cc1Cl. The van der Waals surface area contributed by atoms with Crippen LogP contribution in [0.25, 0.3) is 0 Å². The van der Waals surface area contributed by atoms with Crippen molar-refractivity contribution in [2.75, 3.05) is 0 Å². The van der Waals surface area contributed by atoms with Gasteiger partial charge in [0.25, 0.3) is 0 Å². The largest absolute Gasteiger partial charge is 0.486 e. The van der Waals surface area contributed by atoms with Gasteiger partial charge in [0.1, 0.15) is 11.9 Å². The third kappa shape index (κ3) is 2.57. The highest BCUT2D eigenvalue weighted by Gasteiger charge is 2.27. The second-order valence-corrected chi connectivity index (χ2v) is 4.57. The molecule has 0 saturated heterocycles. The van der Waals surface area contributed by atoms with Gasteiger partial charge in [-0.2, -0.15) is 0 Å². The summed E-state index contributed by atoms with van der Waals surface area (Å²) in [5, 5.41) is 10.7. The van der Waals surface area contributed by atoms with Crippen LogP contribution < -0.4 is 4.74 Å². The molecule has 2 atom stereocenters. The van der Waals surface area contributed by atoms with Crippen LogP contribution in [0.2, 0.25) is 10.0 Å². The van der Waals surface area contributed by atoms with Crippen molar-refractivity contribution in [2.45, 2.75) is 31.5 Å². The van der Waals surface area contributed by atoms with E-state index in [0.717, 1.165) is 19.3 Å². The fraction of sp³-hybridized carbons (Fsp3) is 0.455. The molecule has 1 N–H and O–H groups in total. The maximum atomic E-state index is 9.60. The molecular formula is C11H12Cl2O2. The Morgan fingerprint density at radius 3 is 2.67 bits per heavy atom. The van der Waals surface area contributed by atoms with Crippen LogP contribution in [0.4, 0.5) is 0 Å². The van der Waals surface area contributed by atoms with Gasteiger partial charge >= 0.3 is 0 Å². The monoisotopic (exact) mass is 246 g/mol. The van der Waals surface area contributed by atoms with E-state index in [1.807, 2.05) is 0 Å². The summed E-state index contributed by atoms with van der Waals surface area (Å²) in [5.41, 5.74) is 0. The quantitative estimate of drug-likeness (QED) is 0.868. The lowest BCUT2D eigenvalue weighted by atomic mass is 10.2. The summed E-state index contributed by atoms with van der Waals surface area (Å²) >= 11 is 11.7. The van der Waals surface area contributed by atoms with Crippen LogP contribution in [0, 0.1) is 0 Å². The number of aliphatic hydroxyl groups excluding tert-OH is 1. The van der Waals surface area contributed by atoms with E-state index in [1.165, 1.54) is 0 Å². The third-order valence-corrected chi connectivity index (χ3v) is 3.12. The molecule has 0 bridgehead atoms. The first kappa shape index (κ1) is 11.1. The fourth-order valence-corrected chi connectivity index (χ4v) is 2.23. The number of aliphatic hydroxyl groups is 1. The average molecular weight is 247 g/mol. The van der Waals surface area contributed by atoms with Crippen LogP contribution in [-0.2, 0) is 0 Å². The number of ether oxygens (including phenoxy) is 1. The average Bonchev–Trinajstić information content (AvgIpc) is 2.57. The molecule has 1 aliphatic rings. The molecule has 1 aromatic rings. The molecule has 1 aliphatic carbocycles. The molecule has 0 aromatic heterocycles. The molecule has 2 rings (SSSR count). The zero-order valence-corrected chi connectivity index (χ0v) is 9.63. The molecule has 0 spiro atoms. The van der Waals surface area contributed by atoms with Gasteiger partial charge in [0.2, 0.25) is 0 Å². The number of rotatable bonds is 2. The highest BCUT2D eigenvalue weighted by Crippen LogP contribution is 2.31. The van der Waals surface area contributed by atoms with Gasteiger partial charge in [0.15, 0.2) is 0 Å². The Morgan fingerprint density at radius 2 is 2.07 bits per heavy atom. The molecule has 2 nitrogen and oxygen atoms in total. The minimum absolute atomic E-state index is 0.135. The standard InChI is InChI=1S/C11H12Cl2O2/c12-7-4-5-10(8(13)6-7)15-11-3-1-2-9(11)14/h4-6,9,11,14H,1-3H2. The van der Waals surface area contributed by atoms with Gasteiger partial charge in [0, 0.05) is 5.02 Å². The Hall–Kier alpha value is -0.440. The molecule has 1 aromatic carbocycles. The topological polar surface area (TPSA) is 29.5 Å². The Bertz CT molecular complexity index is 354. The molecule has 15 heavy (non-hydrogen) atoms. The minimum atomic E-state index is -0.378. The summed E-state index contributed by atoms with van der Waals surface area (Å²) in [6.45, 7) is 0. The van der Waals surface area contributed by atoms with Crippen LogP contribution in [0.1, 0.15) is 19.3 Å². The van der Waals surface area contributed by atoms with Gasteiger partial charge in [-0.1, -0.05) is 23.2 Å². The van der Waals surface area contributed by atoms with E-state index in [1.54, 1.807) is 18.2 Å². The summed E-state index contributed by atoms with van der Waals surface area (Å²) in [7, 11) is 0. The first-order valence-electron chi connectivity index (χ1n) is 4.96. The highest BCUT2D eigenvalue weighted by atomic mass is 35.5. The lowest BCUT2D eigenvalue weighted by Gasteiger charge is -2.17.